The van der Waals surface area contributed by atoms with Crippen LogP contribution in [0.4, 0.5) is 5.13 Å². The van der Waals surface area contributed by atoms with Gasteiger partial charge in [-0.05, 0) is 91.2 Å². The lowest BCUT2D eigenvalue weighted by Crippen LogP contribution is -2.30. The van der Waals surface area contributed by atoms with E-state index in [-0.39, 0.29) is 11.6 Å². The summed E-state index contributed by atoms with van der Waals surface area (Å²) < 4.78 is 11.6. The second-order valence-electron chi connectivity index (χ2n) is 10.1. The maximum atomic E-state index is 11.2. The zero-order chi connectivity index (χ0) is 29.6. The Balaban J connectivity index is 1.28. The first-order chi connectivity index (χ1) is 20.3. The van der Waals surface area contributed by atoms with Crippen LogP contribution in [-0.2, 0) is 13.2 Å². The van der Waals surface area contributed by atoms with Crippen molar-refractivity contribution in [3.8, 4) is 33.9 Å². The van der Waals surface area contributed by atoms with Gasteiger partial charge in [-0.2, -0.15) is 0 Å². The van der Waals surface area contributed by atoms with Gasteiger partial charge in [-0.1, -0.05) is 41.9 Å². The van der Waals surface area contributed by atoms with Gasteiger partial charge in [0, 0.05) is 34.1 Å². The largest absolute Gasteiger partial charge is 0.497 e. The second-order valence-corrected chi connectivity index (χ2v) is 11.4. The number of benzene rings is 4. The maximum Gasteiger partial charge on any atom is 0.335 e. The molecule has 0 radical (unpaired) electrons. The van der Waals surface area contributed by atoms with Crippen LogP contribution in [0.25, 0.3) is 22.4 Å². The third-order valence-electron chi connectivity index (χ3n) is 6.93. The number of carboxylic acids is 1. The summed E-state index contributed by atoms with van der Waals surface area (Å²) in [6.45, 7) is 5.27. The Kier molecular flexibility index (Phi) is 9.10. The molecule has 4 aromatic carbocycles. The summed E-state index contributed by atoms with van der Waals surface area (Å²) in [5.74, 6) is 0.604. The molecule has 1 heterocycles. The minimum Gasteiger partial charge on any atom is -0.497 e. The van der Waals surface area contributed by atoms with E-state index < -0.39 is 5.97 Å². The number of carbonyl (C=O) groups is 1. The Labute approximate surface area is 254 Å². The number of anilines is 1. The Morgan fingerprint density at radius 2 is 1.60 bits per heavy atom. The highest BCUT2D eigenvalue weighted by Gasteiger charge is 2.17. The lowest BCUT2D eigenvalue weighted by molar-refractivity contribution is 0.0697. The molecule has 1 N–H and O–H groups in total. The summed E-state index contributed by atoms with van der Waals surface area (Å²) in [5.41, 5.74) is 6.34. The summed E-state index contributed by atoms with van der Waals surface area (Å²) in [7, 11) is 1.66. The number of halogens is 1. The van der Waals surface area contributed by atoms with Crippen LogP contribution in [0.3, 0.4) is 0 Å². The van der Waals surface area contributed by atoms with Crippen molar-refractivity contribution in [3.63, 3.8) is 0 Å². The van der Waals surface area contributed by atoms with E-state index >= 15 is 0 Å². The highest BCUT2D eigenvalue weighted by Crippen LogP contribution is 2.32. The number of ether oxygens (including phenoxy) is 2. The Morgan fingerprint density at radius 3 is 2.24 bits per heavy atom. The van der Waals surface area contributed by atoms with Crippen molar-refractivity contribution in [2.24, 2.45) is 0 Å². The van der Waals surface area contributed by atoms with Gasteiger partial charge in [0.25, 0.3) is 0 Å². The Morgan fingerprint density at radius 1 is 0.929 bits per heavy atom. The predicted octanol–water partition coefficient (Wildman–Crippen LogP) is 8.83. The van der Waals surface area contributed by atoms with Crippen LogP contribution in [0.2, 0.25) is 5.02 Å². The van der Waals surface area contributed by atoms with E-state index in [0.717, 1.165) is 50.1 Å². The van der Waals surface area contributed by atoms with Crippen molar-refractivity contribution >= 4 is 34.0 Å². The molecule has 0 aliphatic carbocycles. The SMILES string of the molecule is COc1ccc(-c2ccc(Cl)cc2)c(COc2ccc(-c3csc(N(Cc4ccc(C(=O)O)cc4)C(C)C)n3)cc2)c1. The number of hydrogen-bond donors (Lipinski definition) is 1. The molecule has 0 spiro atoms. The number of methoxy groups -OCH3 is 1. The van der Waals surface area contributed by atoms with Gasteiger partial charge in [0.15, 0.2) is 5.13 Å². The molecule has 0 aliphatic rings. The summed E-state index contributed by atoms with van der Waals surface area (Å²) in [6, 6.07) is 28.9. The molecule has 0 saturated heterocycles. The molecule has 0 atom stereocenters. The number of nitrogens with zero attached hydrogens (tertiary/aromatic N) is 2. The highest BCUT2D eigenvalue weighted by atomic mass is 35.5. The summed E-state index contributed by atoms with van der Waals surface area (Å²) in [5, 5.41) is 12.8. The van der Waals surface area contributed by atoms with Gasteiger partial charge in [0.2, 0.25) is 0 Å². The van der Waals surface area contributed by atoms with Crippen LogP contribution in [0.5, 0.6) is 11.5 Å². The van der Waals surface area contributed by atoms with Crippen LogP contribution in [-0.4, -0.2) is 29.2 Å². The fourth-order valence-corrected chi connectivity index (χ4v) is 5.65. The summed E-state index contributed by atoms with van der Waals surface area (Å²) >= 11 is 7.69. The van der Waals surface area contributed by atoms with Gasteiger partial charge in [-0.25, -0.2) is 9.78 Å². The third kappa shape index (κ3) is 6.93. The van der Waals surface area contributed by atoms with Crippen LogP contribution in [0, 0.1) is 0 Å². The fourth-order valence-electron chi connectivity index (χ4n) is 4.56. The molecule has 0 bridgehead atoms. The van der Waals surface area contributed by atoms with Crippen molar-refractivity contribution in [2.45, 2.75) is 33.0 Å². The predicted molar refractivity (Wildman–Crippen MR) is 170 cm³/mol. The quantitative estimate of drug-likeness (QED) is 0.164. The molecule has 5 rings (SSSR count). The molecule has 8 heteroatoms. The molecular formula is C34H31ClN2O4S. The van der Waals surface area contributed by atoms with Crippen molar-refractivity contribution < 1.29 is 19.4 Å². The minimum atomic E-state index is -0.925. The molecule has 0 saturated carbocycles. The monoisotopic (exact) mass is 598 g/mol. The van der Waals surface area contributed by atoms with Crippen molar-refractivity contribution in [3.05, 3.63) is 118 Å². The molecule has 214 valence electrons. The van der Waals surface area contributed by atoms with Crippen LogP contribution in [0.1, 0.15) is 35.3 Å². The van der Waals surface area contributed by atoms with Crippen molar-refractivity contribution in [1.82, 2.24) is 4.98 Å². The van der Waals surface area contributed by atoms with Crippen LogP contribution < -0.4 is 14.4 Å². The summed E-state index contributed by atoms with van der Waals surface area (Å²) in [6.07, 6.45) is 0. The molecule has 0 fully saturated rings. The van der Waals surface area contributed by atoms with E-state index in [2.05, 4.69) is 24.1 Å². The van der Waals surface area contributed by atoms with Gasteiger partial charge in [0.05, 0.1) is 18.4 Å². The first-order valence-corrected chi connectivity index (χ1v) is 14.8. The number of aromatic carboxylic acids is 1. The highest BCUT2D eigenvalue weighted by molar-refractivity contribution is 7.14. The molecule has 5 aromatic rings. The van der Waals surface area contributed by atoms with Gasteiger partial charge < -0.3 is 19.5 Å². The Bertz CT molecular complexity index is 1650. The number of hydrogen-bond acceptors (Lipinski definition) is 6. The van der Waals surface area contributed by atoms with E-state index in [4.69, 9.17) is 26.1 Å². The van der Waals surface area contributed by atoms with E-state index in [1.807, 2.05) is 78.9 Å². The molecule has 6 nitrogen and oxygen atoms in total. The van der Waals surface area contributed by atoms with E-state index in [0.29, 0.717) is 18.2 Å². The zero-order valence-electron chi connectivity index (χ0n) is 23.6. The standard InChI is InChI=1S/C34H31ClN2O4S/c1-22(2)37(19-23-4-6-26(7-5-23)33(38)39)34-36-32(21-42-34)25-10-14-29(15-11-25)41-20-27-18-30(40-3)16-17-31(27)24-8-12-28(35)13-9-24/h4-18,21-22H,19-20H2,1-3H3,(H,38,39). The van der Waals surface area contributed by atoms with Gasteiger partial charge in [-0.3, -0.25) is 0 Å². The average molecular weight is 599 g/mol. The van der Waals surface area contributed by atoms with Crippen molar-refractivity contribution in [2.75, 3.05) is 12.0 Å². The zero-order valence-corrected chi connectivity index (χ0v) is 25.2. The van der Waals surface area contributed by atoms with E-state index in [1.165, 1.54) is 0 Å². The average Bonchev–Trinajstić information content (AvgIpc) is 3.49. The van der Waals surface area contributed by atoms with E-state index in [1.54, 1.807) is 30.6 Å². The number of rotatable bonds is 11. The fraction of sp³-hybridized carbons (Fsp3) is 0.176. The number of aromatic nitrogens is 1. The van der Waals surface area contributed by atoms with Gasteiger partial charge >= 0.3 is 5.97 Å². The molecule has 0 amide bonds. The molecular weight excluding hydrogens is 568 g/mol. The Hall–Kier alpha value is -4.33. The smallest absolute Gasteiger partial charge is 0.335 e. The molecule has 0 unspecified atom stereocenters. The minimum absolute atomic E-state index is 0.216. The maximum absolute atomic E-state index is 11.2. The molecule has 1 aromatic heterocycles. The lowest BCUT2D eigenvalue weighted by atomic mass is 10.00. The number of carboxylic acid groups (broad SMARTS) is 1. The topological polar surface area (TPSA) is 71.9 Å². The molecule has 42 heavy (non-hydrogen) atoms. The first-order valence-electron chi connectivity index (χ1n) is 13.5. The summed E-state index contributed by atoms with van der Waals surface area (Å²) in [4.78, 5) is 18.3. The first kappa shape index (κ1) is 29.2. The molecule has 0 aliphatic heterocycles. The van der Waals surface area contributed by atoms with Crippen LogP contribution >= 0.6 is 22.9 Å². The third-order valence-corrected chi connectivity index (χ3v) is 8.06. The van der Waals surface area contributed by atoms with Gasteiger partial charge in [-0.15, -0.1) is 11.3 Å². The van der Waals surface area contributed by atoms with E-state index in [9.17, 15) is 9.90 Å². The number of thiazole rings is 1. The van der Waals surface area contributed by atoms with Gasteiger partial charge in [0.1, 0.15) is 18.1 Å². The van der Waals surface area contributed by atoms with Crippen LogP contribution in [0.15, 0.2) is 96.4 Å². The van der Waals surface area contributed by atoms with Crippen molar-refractivity contribution in [1.29, 1.82) is 0 Å². The second kappa shape index (κ2) is 13.1. The lowest BCUT2D eigenvalue weighted by Gasteiger charge is -2.26. The normalized spacial score (nSPS) is 11.0.